The Labute approximate surface area is 198 Å². The third-order valence-corrected chi connectivity index (χ3v) is 5.90. The van der Waals surface area contributed by atoms with E-state index >= 15 is 0 Å². The Balaban J connectivity index is 1.60. The van der Waals surface area contributed by atoms with Crippen LogP contribution in [0.1, 0.15) is 29.4 Å². The van der Waals surface area contributed by atoms with Gasteiger partial charge in [0.2, 0.25) is 0 Å². The first-order chi connectivity index (χ1) is 16.4. The zero-order valence-corrected chi connectivity index (χ0v) is 18.9. The summed E-state index contributed by atoms with van der Waals surface area (Å²) in [6.07, 6.45) is -1.11. The number of aryl methyl sites for hydroxylation is 1. The van der Waals surface area contributed by atoms with Gasteiger partial charge in [0.15, 0.2) is 5.69 Å². The van der Waals surface area contributed by atoms with E-state index < -0.39 is 48.5 Å². The van der Waals surface area contributed by atoms with Crippen LogP contribution in [0.3, 0.4) is 0 Å². The molecule has 0 unspecified atom stereocenters. The van der Waals surface area contributed by atoms with Crippen LogP contribution in [0.5, 0.6) is 0 Å². The maximum absolute atomic E-state index is 14.5. The number of anilines is 1. The lowest BCUT2D eigenvalue weighted by Crippen LogP contribution is -2.57. The number of rotatable bonds is 5. The molecule has 0 bridgehead atoms. The van der Waals surface area contributed by atoms with Crippen LogP contribution in [-0.4, -0.2) is 55.6 Å². The second-order valence-corrected chi connectivity index (χ2v) is 8.63. The second kappa shape index (κ2) is 9.23. The predicted molar refractivity (Wildman–Crippen MR) is 118 cm³/mol. The van der Waals surface area contributed by atoms with Crippen molar-refractivity contribution < 1.29 is 26.7 Å². The molecule has 0 aromatic carbocycles. The Morgan fingerprint density at radius 1 is 1.20 bits per heavy atom. The molecule has 35 heavy (non-hydrogen) atoms. The Hall–Kier alpha value is -3.57. The molecule has 1 N–H and O–H groups in total. The van der Waals surface area contributed by atoms with E-state index in [0.717, 1.165) is 17.0 Å². The van der Waals surface area contributed by atoms with Gasteiger partial charge in [-0.1, -0.05) is 13.0 Å². The average Bonchev–Trinajstić information content (AvgIpc) is 3.19. The third-order valence-electron chi connectivity index (χ3n) is 5.90. The maximum Gasteiger partial charge on any atom is 0.417 e. The molecule has 186 valence electrons. The molecule has 3 aromatic heterocycles. The lowest BCUT2D eigenvalue weighted by atomic mass is 9.88. The molecule has 1 aliphatic heterocycles. The zero-order chi connectivity index (χ0) is 25.4. The number of carbonyl (C=O) groups excluding carboxylic acids is 1. The molecule has 1 aliphatic rings. The minimum absolute atomic E-state index is 0.00578. The molecule has 12 heteroatoms. The van der Waals surface area contributed by atoms with E-state index in [1.54, 1.807) is 44.6 Å². The van der Waals surface area contributed by atoms with Crippen molar-refractivity contribution in [1.82, 2.24) is 24.6 Å². The molecule has 0 aliphatic carbocycles. The van der Waals surface area contributed by atoms with E-state index in [2.05, 4.69) is 20.4 Å². The lowest BCUT2D eigenvalue weighted by molar-refractivity contribution is -0.137. The number of halogens is 5. The Bertz CT molecular complexity index is 1180. The number of hydrogen-bond acceptors (Lipinski definition) is 5. The van der Waals surface area contributed by atoms with E-state index in [9.17, 15) is 26.7 Å². The van der Waals surface area contributed by atoms with Crippen LogP contribution in [0.15, 0.2) is 48.9 Å². The molecule has 0 saturated carbocycles. The van der Waals surface area contributed by atoms with Crippen molar-refractivity contribution in [2.24, 2.45) is 13.0 Å². The van der Waals surface area contributed by atoms with E-state index in [-0.39, 0.29) is 18.1 Å². The van der Waals surface area contributed by atoms with Crippen LogP contribution in [-0.2, 0) is 13.2 Å². The lowest BCUT2D eigenvalue weighted by Gasteiger charge is -2.43. The number of hydrogen-bond donors (Lipinski definition) is 1. The summed E-state index contributed by atoms with van der Waals surface area (Å²) in [5.41, 5.74) is -0.0170. The molecule has 0 spiro atoms. The fourth-order valence-corrected chi connectivity index (χ4v) is 4.25. The van der Waals surface area contributed by atoms with Gasteiger partial charge in [0.25, 0.3) is 11.8 Å². The van der Waals surface area contributed by atoms with Crippen LogP contribution < -0.4 is 5.32 Å². The van der Waals surface area contributed by atoms with Gasteiger partial charge in [-0.2, -0.15) is 18.3 Å². The van der Waals surface area contributed by atoms with Crippen molar-refractivity contribution in [2.75, 3.05) is 18.4 Å². The second-order valence-electron chi connectivity index (χ2n) is 8.63. The van der Waals surface area contributed by atoms with Gasteiger partial charge in [-0.05, 0) is 30.2 Å². The summed E-state index contributed by atoms with van der Waals surface area (Å²) in [7, 11) is 1.62. The summed E-state index contributed by atoms with van der Waals surface area (Å²) in [5, 5.41) is 7.11. The SMILES string of the molecule is C[C@@H]1CC(F)(F)CN(C(=O)c2nn(C)cc2-c2ccccn2)[C@@H]1CNc1ccc(C(F)(F)F)cn1. The van der Waals surface area contributed by atoms with Gasteiger partial charge in [-0.3, -0.25) is 14.5 Å². The number of alkyl halides is 5. The quantitative estimate of drug-likeness (QED) is 0.529. The maximum atomic E-state index is 14.5. The molecular formula is C23H23F5N6O. The van der Waals surface area contributed by atoms with Gasteiger partial charge in [0, 0.05) is 38.6 Å². The van der Waals surface area contributed by atoms with E-state index in [1.807, 2.05) is 0 Å². The highest BCUT2D eigenvalue weighted by atomic mass is 19.4. The van der Waals surface area contributed by atoms with Crippen molar-refractivity contribution in [1.29, 1.82) is 0 Å². The largest absolute Gasteiger partial charge is 0.417 e. The summed E-state index contributed by atoms with van der Waals surface area (Å²) in [4.78, 5) is 22.6. The number of nitrogens with zero attached hydrogens (tertiary/aromatic N) is 5. The molecule has 4 heterocycles. The minimum Gasteiger partial charge on any atom is -0.368 e. The van der Waals surface area contributed by atoms with Crippen molar-refractivity contribution >= 4 is 11.7 Å². The van der Waals surface area contributed by atoms with Gasteiger partial charge in [0.05, 0.1) is 29.4 Å². The Morgan fingerprint density at radius 2 is 1.97 bits per heavy atom. The summed E-state index contributed by atoms with van der Waals surface area (Å²) in [6.45, 7) is 0.826. The van der Waals surface area contributed by atoms with E-state index in [0.29, 0.717) is 17.5 Å². The molecule has 1 fully saturated rings. The highest BCUT2D eigenvalue weighted by Gasteiger charge is 2.47. The molecule has 0 radical (unpaired) electrons. The van der Waals surface area contributed by atoms with Gasteiger partial charge in [-0.25, -0.2) is 13.8 Å². The first kappa shape index (κ1) is 24.6. The molecular weight excluding hydrogens is 471 g/mol. The molecule has 7 nitrogen and oxygen atoms in total. The first-order valence-electron chi connectivity index (χ1n) is 10.9. The molecule has 4 rings (SSSR count). The highest BCUT2D eigenvalue weighted by Crippen LogP contribution is 2.36. The fraction of sp³-hybridized carbons (Fsp3) is 0.391. The number of likely N-dealkylation sites (tertiary alicyclic amines) is 1. The van der Waals surface area contributed by atoms with Crippen molar-refractivity contribution in [2.45, 2.75) is 31.5 Å². The molecule has 1 saturated heterocycles. The predicted octanol–water partition coefficient (Wildman–Crippen LogP) is 4.49. The summed E-state index contributed by atoms with van der Waals surface area (Å²) in [5.74, 6) is -4.24. The summed E-state index contributed by atoms with van der Waals surface area (Å²) >= 11 is 0. The van der Waals surface area contributed by atoms with Crippen molar-refractivity contribution in [3.05, 3.63) is 60.2 Å². The molecule has 1 amide bonds. The Morgan fingerprint density at radius 3 is 2.60 bits per heavy atom. The summed E-state index contributed by atoms with van der Waals surface area (Å²) in [6, 6.07) is 6.51. The van der Waals surface area contributed by atoms with Gasteiger partial charge in [0.1, 0.15) is 5.82 Å². The number of piperidine rings is 1. The van der Waals surface area contributed by atoms with Crippen molar-refractivity contribution in [3.8, 4) is 11.3 Å². The minimum atomic E-state index is -4.52. The average molecular weight is 494 g/mol. The van der Waals surface area contributed by atoms with Crippen LogP contribution in [0.4, 0.5) is 27.8 Å². The van der Waals surface area contributed by atoms with Crippen LogP contribution in [0.2, 0.25) is 0 Å². The normalized spacial score (nSPS) is 20.0. The van der Waals surface area contributed by atoms with Crippen LogP contribution >= 0.6 is 0 Å². The van der Waals surface area contributed by atoms with Gasteiger partial charge >= 0.3 is 6.18 Å². The van der Waals surface area contributed by atoms with E-state index in [4.69, 9.17) is 0 Å². The topological polar surface area (TPSA) is 75.9 Å². The number of nitrogens with one attached hydrogen (secondary N) is 1. The highest BCUT2D eigenvalue weighted by molar-refractivity contribution is 5.98. The molecule has 3 aromatic rings. The summed E-state index contributed by atoms with van der Waals surface area (Å²) < 4.78 is 68.9. The number of carbonyl (C=O) groups is 1. The number of pyridine rings is 2. The van der Waals surface area contributed by atoms with Crippen molar-refractivity contribution in [3.63, 3.8) is 0 Å². The van der Waals surface area contributed by atoms with E-state index in [1.165, 1.54) is 4.68 Å². The van der Waals surface area contributed by atoms with Crippen LogP contribution in [0, 0.1) is 5.92 Å². The standard InChI is InChI=1S/C23H23F5N6O/c1-14-9-22(24,25)13-34(18(14)11-31-19-7-6-15(10-30-19)23(26,27)28)21(35)20-16(12-33(2)32-20)17-5-3-4-8-29-17/h3-8,10,12,14,18H,9,11,13H2,1-2H3,(H,30,31)/t14-,18-/m1/s1. The third kappa shape index (κ3) is 5.41. The zero-order valence-electron chi connectivity index (χ0n) is 18.9. The van der Waals surface area contributed by atoms with Crippen LogP contribution in [0.25, 0.3) is 11.3 Å². The van der Waals surface area contributed by atoms with Gasteiger partial charge < -0.3 is 10.2 Å². The smallest absolute Gasteiger partial charge is 0.368 e. The fourth-order valence-electron chi connectivity index (χ4n) is 4.25. The monoisotopic (exact) mass is 494 g/mol. The number of amides is 1. The Kier molecular flexibility index (Phi) is 6.48. The van der Waals surface area contributed by atoms with Gasteiger partial charge in [-0.15, -0.1) is 0 Å². The first-order valence-corrected chi connectivity index (χ1v) is 10.9. The number of aromatic nitrogens is 4. The molecule has 2 atom stereocenters.